The summed E-state index contributed by atoms with van der Waals surface area (Å²) in [6, 6.07) is 7.24. The summed E-state index contributed by atoms with van der Waals surface area (Å²) in [6.07, 6.45) is 8.96. The SMILES string of the molecule is CNCc1ncn2ccc(Cl)c(F)c12.N/C(C=O)=C\N(N)Cc1cn2ccccc2n1. The lowest BCUT2D eigenvalue weighted by Gasteiger charge is -2.11. The van der Waals surface area contributed by atoms with Gasteiger partial charge in [0.2, 0.25) is 0 Å². The van der Waals surface area contributed by atoms with Crippen molar-refractivity contribution in [2.75, 3.05) is 7.05 Å². The highest BCUT2D eigenvalue weighted by molar-refractivity contribution is 6.31. The molecule has 0 spiro atoms. The summed E-state index contributed by atoms with van der Waals surface area (Å²) >= 11 is 5.68. The Hall–Kier alpha value is -3.47. The number of hydrogen-bond acceptors (Lipinski definition) is 7. The van der Waals surface area contributed by atoms with Crippen molar-refractivity contribution in [1.29, 1.82) is 0 Å². The molecule has 5 N–H and O–H groups in total. The molecule has 4 aromatic heterocycles. The van der Waals surface area contributed by atoms with Gasteiger partial charge in [-0.3, -0.25) is 4.79 Å². The maximum absolute atomic E-state index is 13.6. The minimum Gasteiger partial charge on any atom is -0.395 e. The number of aromatic nitrogens is 4. The van der Waals surface area contributed by atoms with E-state index in [0.29, 0.717) is 30.6 Å². The van der Waals surface area contributed by atoms with E-state index in [2.05, 4.69) is 15.3 Å². The Kier molecular flexibility index (Phi) is 7.19. The van der Waals surface area contributed by atoms with Gasteiger partial charge in [0.15, 0.2) is 12.1 Å². The molecular formula is C20H22ClFN8O. The van der Waals surface area contributed by atoms with Crippen molar-refractivity contribution in [3.63, 3.8) is 0 Å². The molecule has 0 atom stereocenters. The number of rotatable bonds is 6. The van der Waals surface area contributed by atoms with Crippen molar-refractivity contribution in [2.45, 2.75) is 13.1 Å². The zero-order valence-electron chi connectivity index (χ0n) is 16.7. The van der Waals surface area contributed by atoms with E-state index in [9.17, 15) is 9.18 Å². The van der Waals surface area contributed by atoms with E-state index >= 15 is 0 Å². The number of nitrogens with zero attached hydrogens (tertiary/aromatic N) is 5. The van der Waals surface area contributed by atoms with E-state index in [0.717, 1.165) is 11.3 Å². The quantitative estimate of drug-likeness (QED) is 0.180. The number of carbonyl (C=O) groups is 1. The van der Waals surface area contributed by atoms with Crippen LogP contribution in [0.2, 0.25) is 5.02 Å². The molecule has 11 heteroatoms. The third-order valence-corrected chi connectivity index (χ3v) is 4.51. The van der Waals surface area contributed by atoms with Crippen molar-refractivity contribution in [3.05, 3.63) is 83.3 Å². The first-order valence-corrected chi connectivity index (χ1v) is 9.61. The molecule has 0 aromatic carbocycles. The molecule has 9 nitrogen and oxygen atoms in total. The van der Waals surface area contributed by atoms with Gasteiger partial charge in [0.1, 0.15) is 11.2 Å². The molecule has 4 aromatic rings. The van der Waals surface area contributed by atoms with Gasteiger partial charge in [-0.1, -0.05) is 17.7 Å². The van der Waals surface area contributed by atoms with Crippen molar-refractivity contribution in [1.82, 2.24) is 29.1 Å². The zero-order valence-corrected chi connectivity index (χ0v) is 17.5. The average molecular weight is 445 g/mol. The molecule has 0 aliphatic heterocycles. The van der Waals surface area contributed by atoms with Gasteiger partial charge in [-0.15, -0.1) is 0 Å². The van der Waals surface area contributed by atoms with Crippen LogP contribution in [0.5, 0.6) is 0 Å². The van der Waals surface area contributed by atoms with Gasteiger partial charge in [0.25, 0.3) is 0 Å². The number of hydrazine groups is 1. The number of aldehydes is 1. The standard InChI is InChI=1S/C11H13N5O.C9H9ClFN3/c12-9(8-17)5-16(13)7-10-6-15-4-2-1-3-11(15)14-10;1-12-4-7-9-8(11)6(10)2-3-14(9)5-13-7/h1-6,8H,7,12-13H2;2-3,5,12H,4H2,1H3/b9-5-;. The van der Waals surface area contributed by atoms with Crippen molar-refractivity contribution < 1.29 is 9.18 Å². The third-order valence-electron chi connectivity index (χ3n) is 4.22. The van der Waals surface area contributed by atoms with Crippen LogP contribution in [0, 0.1) is 5.82 Å². The molecular weight excluding hydrogens is 423 g/mol. The Labute approximate surface area is 182 Å². The van der Waals surface area contributed by atoms with Gasteiger partial charge in [0, 0.05) is 31.3 Å². The lowest BCUT2D eigenvalue weighted by atomic mass is 10.3. The number of imidazole rings is 2. The molecule has 162 valence electrons. The first kappa shape index (κ1) is 22.2. The summed E-state index contributed by atoms with van der Waals surface area (Å²) in [5.41, 5.74) is 8.17. The number of nitrogens with one attached hydrogen (secondary N) is 1. The van der Waals surface area contributed by atoms with Crippen LogP contribution in [-0.2, 0) is 17.9 Å². The van der Waals surface area contributed by atoms with E-state index in [-0.39, 0.29) is 10.7 Å². The molecule has 0 unspecified atom stereocenters. The number of hydrogen-bond donors (Lipinski definition) is 3. The van der Waals surface area contributed by atoms with E-state index < -0.39 is 5.82 Å². The van der Waals surface area contributed by atoms with Crippen LogP contribution in [0.4, 0.5) is 4.39 Å². The first-order chi connectivity index (χ1) is 14.9. The number of nitrogens with two attached hydrogens (primary N) is 2. The predicted molar refractivity (Wildman–Crippen MR) is 116 cm³/mol. The highest BCUT2D eigenvalue weighted by Crippen LogP contribution is 2.21. The molecule has 0 saturated carbocycles. The second-order valence-electron chi connectivity index (χ2n) is 6.57. The summed E-state index contributed by atoms with van der Waals surface area (Å²) in [5, 5.41) is 4.37. The van der Waals surface area contributed by atoms with Crippen LogP contribution < -0.4 is 16.9 Å². The molecule has 4 rings (SSSR count). The molecule has 4 heterocycles. The van der Waals surface area contributed by atoms with Crippen molar-refractivity contribution in [2.24, 2.45) is 11.6 Å². The van der Waals surface area contributed by atoms with Gasteiger partial charge in [-0.05, 0) is 25.2 Å². The van der Waals surface area contributed by atoms with Crippen molar-refractivity contribution in [3.8, 4) is 0 Å². The number of allylic oxidation sites excluding steroid dienone is 1. The Morgan fingerprint density at radius 3 is 2.84 bits per heavy atom. The largest absolute Gasteiger partial charge is 0.395 e. The molecule has 0 amide bonds. The van der Waals surface area contributed by atoms with Gasteiger partial charge in [-0.25, -0.2) is 20.2 Å². The van der Waals surface area contributed by atoms with Crippen LogP contribution in [-0.4, -0.2) is 37.1 Å². The highest BCUT2D eigenvalue weighted by Gasteiger charge is 2.11. The van der Waals surface area contributed by atoms with Gasteiger partial charge < -0.3 is 24.9 Å². The molecule has 0 saturated heterocycles. The minimum atomic E-state index is -0.420. The van der Waals surface area contributed by atoms with Gasteiger partial charge in [0.05, 0.1) is 35.0 Å². The third kappa shape index (κ3) is 5.37. The topological polar surface area (TPSA) is 119 Å². The molecule has 31 heavy (non-hydrogen) atoms. The Morgan fingerprint density at radius 1 is 1.32 bits per heavy atom. The summed E-state index contributed by atoms with van der Waals surface area (Å²) < 4.78 is 17.1. The van der Waals surface area contributed by atoms with Crippen molar-refractivity contribution >= 4 is 29.1 Å². The maximum atomic E-state index is 13.6. The molecule has 0 bridgehead atoms. The smallest absolute Gasteiger partial charge is 0.167 e. The Balaban J connectivity index is 0.000000179. The van der Waals surface area contributed by atoms with Crippen LogP contribution in [0.15, 0.2) is 61.1 Å². The number of fused-ring (bicyclic) bond motifs is 2. The van der Waals surface area contributed by atoms with E-state index in [1.807, 2.05) is 35.0 Å². The number of halogens is 2. The summed E-state index contributed by atoms with van der Waals surface area (Å²) in [6.45, 7) is 0.907. The van der Waals surface area contributed by atoms with Crippen LogP contribution >= 0.6 is 11.6 Å². The average Bonchev–Trinajstić information content (AvgIpc) is 3.35. The van der Waals surface area contributed by atoms with Gasteiger partial charge in [-0.2, -0.15) is 0 Å². The zero-order chi connectivity index (χ0) is 22.4. The van der Waals surface area contributed by atoms with Crippen LogP contribution in [0.1, 0.15) is 11.4 Å². The maximum Gasteiger partial charge on any atom is 0.167 e. The second-order valence-corrected chi connectivity index (χ2v) is 6.98. The second kappa shape index (κ2) is 10.0. The monoisotopic (exact) mass is 444 g/mol. The molecule has 0 aliphatic rings. The van der Waals surface area contributed by atoms with Gasteiger partial charge >= 0.3 is 0 Å². The first-order valence-electron chi connectivity index (χ1n) is 9.23. The normalized spacial score (nSPS) is 11.4. The fourth-order valence-corrected chi connectivity index (χ4v) is 3.05. The van der Waals surface area contributed by atoms with Crippen LogP contribution in [0.3, 0.4) is 0 Å². The van der Waals surface area contributed by atoms with E-state index in [4.69, 9.17) is 23.2 Å². The molecule has 0 fully saturated rings. The summed E-state index contributed by atoms with van der Waals surface area (Å²) in [7, 11) is 1.79. The van der Waals surface area contributed by atoms with E-state index in [1.165, 1.54) is 17.3 Å². The minimum absolute atomic E-state index is 0.0799. The van der Waals surface area contributed by atoms with E-state index in [1.54, 1.807) is 24.0 Å². The Morgan fingerprint density at radius 2 is 2.13 bits per heavy atom. The lowest BCUT2D eigenvalue weighted by molar-refractivity contribution is -0.105. The fourth-order valence-electron chi connectivity index (χ4n) is 2.90. The molecule has 0 aliphatic carbocycles. The summed E-state index contributed by atoms with van der Waals surface area (Å²) in [5.74, 6) is 5.25. The van der Waals surface area contributed by atoms with Crippen LogP contribution in [0.25, 0.3) is 11.2 Å². The summed E-state index contributed by atoms with van der Waals surface area (Å²) in [4.78, 5) is 18.8. The highest BCUT2D eigenvalue weighted by atomic mass is 35.5. The predicted octanol–water partition coefficient (Wildman–Crippen LogP) is 1.86. The Bertz CT molecular complexity index is 1190. The lowest BCUT2D eigenvalue weighted by Crippen LogP contribution is -2.26. The number of pyridine rings is 2. The molecule has 0 radical (unpaired) electrons. The number of carbonyl (C=O) groups excluding carboxylic acids is 1. The fraction of sp³-hybridized carbons (Fsp3) is 0.150.